The first-order chi connectivity index (χ1) is 15.8. The van der Waals surface area contributed by atoms with Crippen molar-refractivity contribution in [2.45, 2.75) is 6.54 Å². The van der Waals surface area contributed by atoms with E-state index in [-0.39, 0.29) is 22.8 Å². The summed E-state index contributed by atoms with van der Waals surface area (Å²) < 4.78 is 6.42. The van der Waals surface area contributed by atoms with E-state index >= 15 is 0 Å². The number of carboxylic acids is 1. The van der Waals surface area contributed by atoms with Gasteiger partial charge in [0.2, 0.25) is 0 Å². The smallest absolute Gasteiger partial charge is 0.335 e. The molecular formula is C23H17N3O6S. The van der Waals surface area contributed by atoms with Crippen molar-refractivity contribution in [2.24, 2.45) is 0 Å². The van der Waals surface area contributed by atoms with Crippen LogP contribution in [0.4, 0.5) is 5.69 Å². The van der Waals surface area contributed by atoms with Gasteiger partial charge >= 0.3 is 11.9 Å². The molecule has 2 heterocycles. The van der Waals surface area contributed by atoms with Crippen LogP contribution in [0.2, 0.25) is 0 Å². The third-order valence-corrected chi connectivity index (χ3v) is 5.41. The number of rotatable bonds is 5. The van der Waals surface area contributed by atoms with Gasteiger partial charge < -0.3 is 14.4 Å². The number of hydrogen-bond acceptors (Lipinski definition) is 6. The van der Waals surface area contributed by atoms with Gasteiger partial charge in [0.1, 0.15) is 12.1 Å². The molecular weight excluding hydrogens is 446 g/mol. The molecule has 4 rings (SSSR count). The molecule has 1 saturated heterocycles. The lowest BCUT2D eigenvalue weighted by Crippen LogP contribution is -2.54. The van der Waals surface area contributed by atoms with E-state index in [1.54, 1.807) is 16.8 Å². The van der Waals surface area contributed by atoms with Crippen LogP contribution in [-0.2, 0) is 25.7 Å². The Morgan fingerprint density at radius 1 is 1.12 bits per heavy atom. The van der Waals surface area contributed by atoms with Gasteiger partial charge in [0.25, 0.3) is 11.8 Å². The van der Waals surface area contributed by atoms with E-state index in [9.17, 15) is 19.2 Å². The summed E-state index contributed by atoms with van der Waals surface area (Å²) in [5.41, 5.74) is 1.49. The van der Waals surface area contributed by atoms with Gasteiger partial charge in [-0.2, -0.15) is 0 Å². The summed E-state index contributed by atoms with van der Waals surface area (Å²) in [4.78, 5) is 49.9. The van der Waals surface area contributed by atoms with E-state index in [2.05, 4.69) is 5.32 Å². The normalized spacial score (nSPS) is 15.1. The zero-order chi connectivity index (χ0) is 23.7. The molecule has 10 heteroatoms. The number of ether oxygens (including phenoxy) is 1. The average molecular weight is 463 g/mol. The van der Waals surface area contributed by atoms with Crippen LogP contribution in [0, 0.1) is 0 Å². The number of carbonyl (C=O) groups is 4. The Kier molecular flexibility index (Phi) is 5.76. The van der Waals surface area contributed by atoms with Gasteiger partial charge in [0.15, 0.2) is 5.11 Å². The van der Waals surface area contributed by atoms with Crippen LogP contribution in [0.3, 0.4) is 0 Å². The highest BCUT2D eigenvalue weighted by Crippen LogP contribution is 2.27. The molecule has 0 saturated carbocycles. The Labute approximate surface area is 192 Å². The van der Waals surface area contributed by atoms with E-state index in [1.165, 1.54) is 37.5 Å². The Hall–Kier alpha value is -4.31. The van der Waals surface area contributed by atoms with Gasteiger partial charge in [-0.3, -0.25) is 24.6 Å². The maximum Gasteiger partial charge on any atom is 0.335 e. The number of carbonyl (C=O) groups excluding carboxylic acids is 3. The van der Waals surface area contributed by atoms with Crippen molar-refractivity contribution in [2.75, 3.05) is 12.0 Å². The number of aromatic carboxylic acids is 1. The highest BCUT2D eigenvalue weighted by Gasteiger charge is 2.34. The summed E-state index contributed by atoms with van der Waals surface area (Å²) in [6.07, 6.45) is 3.10. The average Bonchev–Trinajstić information content (AvgIpc) is 3.14. The molecule has 0 aliphatic carbocycles. The first-order valence-electron chi connectivity index (χ1n) is 9.69. The number of anilines is 1. The molecule has 1 aliphatic rings. The molecule has 2 amide bonds. The van der Waals surface area contributed by atoms with E-state index in [4.69, 9.17) is 22.1 Å². The predicted octanol–water partition coefficient (Wildman–Crippen LogP) is 2.34. The van der Waals surface area contributed by atoms with Gasteiger partial charge in [-0.25, -0.2) is 4.79 Å². The van der Waals surface area contributed by atoms with Crippen molar-refractivity contribution in [1.29, 1.82) is 0 Å². The molecule has 0 unspecified atom stereocenters. The molecule has 2 N–H and O–H groups in total. The number of benzene rings is 2. The Morgan fingerprint density at radius 2 is 1.82 bits per heavy atom. The molecule has 3 aromatic rings. The summed E-state index contributed by atoms with van der Waals surface area (Å²) in [6, 6.07) is 12.8. The SMILES string of the molecule is COC(=O)Cn1cc(/C=C2\C(=O)NC(=S)N(c3ccc(C(=O)O)cc3)C2=O)c2ccccc21. The fourth-order valence-corrected chi connectivity index (χ4v) is 3.81. The zero-order valence-electron chi connectivity index (χ0n) is 17.3. The van der Waals surface area contributed by atoms with Crippen LogP contribution < -0.4 is 10.2 Å². The maximum absolute atomic E-state index is 13.2. The van der Waals surface area contributed by atoms with Gasteiger partial charge in [-0.15, -0.1) is 0 Å². The number of para-hydroxylation sites is 1. The number of aromatic nitrogens is 1. The van der Waals surface area contributed by atoms with Gasteiger partial charge in [-0.05, 0) is 48.6 Å². The third-order valence-electron chi connectivity index (χ3n) is 5.12. The van der Waals surface area contributed by atoms with Crippen LogP contribution in [0.1, 0.15) is 15.9 Å². The number of thiocarbonyl (C=S) groups is 1. The summed E-state index contributed by atoms with van der Waals surface area (Å²) in [6.45, 7) is -0.0353. The van der Waals surface area contributed by atoms with E-state index < -0.39 is 23.8 Å². The number of carboxylic acid groups (broad SMARTS) is 1. The second kappa shape index (κ2) is 8.67. The van der Waals surface area contributed by atoms with E-state index in [0.717, 1.165) is 15.8 Å². The van der Waals surface area contributed by atoms with Crippen molar-refractivity contribution >= 4 is 63.7 Å². The highest BCUT2D eigenvalue weighted by atomic mass is 32.1. The number of hydrogen-bond donors (Lipinski definition) is 2. The second-order valence-electron chi connectivity index (χ2n) is 7.12. The maximum atomic E-state index is 13.2. The largest absolute Gasteiger partial charge is 0.478 e. The van der Waals surface area contributed by atoms with Crippen LogP contribution in [0.25, 0.3) is 17.0 Å². The molecule has 33 heavy (non-hydrogen) atoms. The number of nitrogens with zero attached hydrogens (tertiary/aromatic N) is 2. The Bertz CT molecular complexity index is 1360. The lowest BCUT2D eigenvalue weighted by atomic mass is 10.1. The van der Waals surface area contributed by atoms with Crippen LogP contribution in [0.15, 0.2) is 60.3 Å². The van der Waals surface area contributed by atoms with E-state index in [1.807, 2.05) is 18.2 Å². The quantitative estimate of drug-likeness (QED) is 0.258. The molecule has 1 aliphatic heterocycles. The zero-order valence-corrected chi connectivity index (χ0v) is 18.1. The summed E-state index contributed by atoms with van der Waals surface area (Å²) in [7, 11) is 1.29. The third kappa shape index (κ3) is 4.11. The first kappa shape index (κ1) is 21.9. The number of methoxy groups -OCH3 is 1. The molecule has 9 nitrogen and oxygen atoms in total. The minimum Gasteiger partial charge on any atom is -0.478 e. The van der Waals surface area contributed by atoms with Crippen molar-refractivity contribution in [3.63, 3.8) is 0 Å². The monoisotopic (exact) mass is 463 g/mol. The van der Waals surface area contributed by atoms with Crippen LogP contribution in [0.5, 0.6) is 0 Å². The molecule has 0 atom stereocenters. The fraction of sp³-hybridized carbons (Fsp3) is 0.0870. The summed E-state index contributed by atoms with van der Waals surface area (Å²) in [5, 5.41) is 12.2. The molecule has 0 radical (unpaired) electrons. The van der Waals surface area contributed by atoms with Crippen molar-refractivity contribution in [1.82, 2.24) is 9.88 Å². The minimum absolute atomic E-state index is 0.0353. The molecule has 1 aromatic heterocycles. The van der Waals surface area contributed by atoms with Gasteiger partial charge in [-0.1, -0.05) is 18.2 Å². The number of fused-ring (bicyclic) bond motifs is 1. The first-order valence-corrected chi connectivity index (χ1v) is 10.1. The second-order valence-corrected chi connectivity index (χ2v) is 7.50. The van der Waals surface area contributed by atoms with Crippen molar-refractivity contribution in [3.05, 3.63) is 71.4 Å². The predicted molar refractivity (Wildman–Crippen MR) is 124 cm³/mol. The number of esters is 1. The molecule has 0 spiro atoms. The van der Waals surface area contributed by atoms with Crippen LogP contribution >= 0.6 is 12.2 Å². The Balaban J connectivity index is 1.76. The lowest BCUT2D eigenvalue weighted by Gasteiger charge is -2.28. The molecule has 166 valence electrons. The highest BCUT2D eigenvalue weighted by molar-refractivity contribution is 7.80. The standard InChI is InChI=1S/C23H17N3O6S/c1-32-19(27)12-25-11-14(16-4-2-3-5-18(16)25)10-17-20(28)24-23(33)26(21(17)29)15-8-6-13(7-9-15)22(30)31/h2-11H,12H2,1H3,(H,30,31)(H,24,28,33)/b17-10+. The summed E-state index contributed by atoms with van der Waals surface area (Å²) in [5.74, 6) is -2.86. The molecule has 1 fully saturated rings. The van der Waals surface area contributed by atoms with Gasteiger partial charge in [0.05, 0.1) is 18.4 Å². The van der Waals surface area contributed by atoms with Crippen molar-refractivity contribution < 1.29 is 29.0 Å². The minimum atomic E-state index is -1.11. The fourth-order valence-electron chi connectivity index (χ4n) is 3.53. The van der Waals surface area contributed by atoms with E-state index in [0.29, 0.717) is 11.3 Å². The number of amides is 2. The lowest BCUT2D eigenvalue weighted by molar-refractivity contribution is -0.141. The molecule has 2 aromatic carbocycles. The Morgan fingerprint density at radius 3 is 2.48 bits per heavy atom. The topological polar surface area (TPSA) is 118 Å². The number of nitrogens with one attached hydrogen (secondary N) is 1. The van der Waals surface area contributed by atoms with Crippen LogP contribution in [-0.4, -0.2) is 45.6 Å². The van der Waals surface area contributed by atoms with Crippen molar-refractivity contribution in [3.8, 4) is 0 Å². The molecule has 0 bridgehead atoms. The van der Waals surface area contributed by atoms with Gasteiger partial charge in [0, 0.05) is 22.7 Å². The summed E-state index contributed by atoms with van der Waals surface area (Å²) >= 11 is 5.18.